The van der Waals surface area contributed by atoms with Crippen molar-refractivity contribution >= 4 is 38.0 Å². The van der Waals surface area contributed by atoms with Gasteiger partial charge in [-0.05, 0) is 12.8 Å². The van der Waals surface area contributed by atoms with E-state index >= 15 is 0 Å². The molecular formula is C15H21BrN4S. The fraction of sp³-hybridized carbons (Fsp3) is 0.667. The number of rotatable bonds is 3. The number of nitrogens with zero attached hydrogens (tertiary/aromatic N) is 4. The zero-order chi connectivity index (χ0) is 14.2. The van der Waals surface area contributed by atoms with Crippen LogP contribution in [0.4, 0.5) is 5.82 Å². The van der Waals surface area contributed by atoms with E-state index in [1.807, 2.05) is 0 Å². The lowest BCUT2D eigenvalue weighted by atomic mass is 10.2. The maximum atomic E-state index is 4.85. The SMILES string of the molecule is BrCc1c(N2CCN(C3CCCC3)CC2)nc2sccn12. The molecule has 4 rings (SSSR count). The highest BCUT2D eigenvalue weighted by molar-refractivity contribution is 9.08. The number of imidazole rings is 1. The largest absolute Gasteiger partial charge is 0.352 e. The third-order valence-electron chi connectivity index (χ3n) is 4.92. The van der Waals surface area contributed by atoms with Gasteiger partial charge in [-0.15, -0.1) is 11.3 Å². The van der Waals surface area contributed by atoms with E-state index in [-0.39, 0.29) is 0 Å². The molecule has 1 saturated carbocycles. The number of aromatic nitrogens is 2. The Morgan fingerprint density at radius 2 is 1.95 bits per heavy atom. The molecule has 6 heteroatoms. The number of alkyl halides is 1. The van der Waals surface area contributed by atoms with E-state index in [0.717, 1.165) is 29.4 Å². The van der Waals surface area contributed by atoms with Crippen molar-refractivity contribution < 1.29 is 0 Å². The van der Waals surface area contributed by atoms with Crippen molar-refractivity contribution in [1.82, 2.24) is 14.3 Å². The van der Waals surface area contributed by atoms with Crippen LogP contribution in [-0.2, 0) is 5.33 Å². The van der Waals surface area contributed by atoms with Crippen LogP contribution in [0.3, 0.4) is 0 Å². The lowest BCUT2D eigenvalue weighted by Crippen LogP contribution is -2.50. The first-order valence-electron chi connectivity index (χ1n) is 7.86. The van der Waals surface area contributed by atoms with Crippen LogP contribution in [0.25, 0.3) is 4.96 Å². The number of piperazine rings is 1. The standard InChI is InChI=1S/C15H21BrN4S/c16-11-13-14(17-15-20(13)9-10-21-15)19-7-5-18(6-8-19)12-3-1-2-4-12/h9-10,12H,1-8,11H2. The summed E-state index contributed by atoms with van der Waals surface area (Å²) in [5.74, 6) is 1.18. The summed E-state index contributed by atoms with van der Waals surface area (Å²) in [5, 5.41) is 2.97. The molecule has 0 N–H and O–H groups in total. The fourth-order valence-corrected chi connectivity index (χ4v) is 5.02. The Kier molecular flexibility index (Phi) is 3.94. The Bertz CT molecular complexity index is 608. The van der Waals surface area contributed by atoms with E-state index < -0.39 is 0 Å². The number of halogens is 1. The Morgan fingerprint density at radius 1 is 1.19 bits per heavy atom. The van der Waals surface area contributed by atoms with Crippen LogP contribution >= 0.6 is 27.3 Å². The Balaban J connectivity index is 1.50. The summed E-state index contributed by atoms with van der Waals surface area (Å²) in [6.45, 7) is 4.61. The summed E-state index contributed by atoms with van der Waals surface area (Å²) >= 11 is 5.35. The molecule has 0 aromatic carbocycles. The summed E-state index contributed by atoms with van der Waals surface area (Å²) < 4.78 is 2.22. The predicted octanol–water partition coefficient (Wildman–Crippen LogP) is 3.36. The van der Waals surface area contributed by atoms with Crippen LogP contribution in [0, 0.1) is 0 Å². The van der Waals surface area contributed by atoms with Crippen molar-refractivity contribution in [3.05, 3.63) is 17.3 Å². The first-order chi connectivity index (χ1) is 10.4. The molecule has 2 fully saturated rings. The minimum absolute atomic E-state index is 0.855. The topological polar surface area (TPSA) is 23.8 Å². The molecule has 21 heavy (non-hydrogen) atoms. The minimum Gasteiger partial charge on any atom is -0.352 e. The third kappa shape index (κ3) is 2.51. The van der Waals surface area contributed by atoms with Crippen molar-refractivity contribution in [2.75, 3.05) is 31.1 Å². The molecule has 0 unspecified atom stereocenters. The molecule has 4 nitrogen and oxygen atoms in total. The number of hydrogen-bond acceptors (Lipinski definition) is 4. The zero-order valence-corrected chi connectivity index (χ0v) is 14.6. The van der Waals surface area contributed by atoms with Crippen molar-refractivity contribution in [3.8, 4) is 0 Å². The number of fused-ring (bicyclic) bond motifs is 1. The van der Waals surface area contributed by atoms with E-state index in [1.54, 1.807) is 11.3 Å². The summed E-state index contributed by atoms with van der Waals surface area (Å²) in [6.07, 6.45) is 7.80. The molecule has 0 bridgehead atoms. The smallest absolute Gasteiger partial charge is 0.195 e. The van der Waals surface area contributed by atoms with Crippen molar-refractivity contribution in [1.29, 1.82) is 0 Å². The summed E-state index contributed by atoms with van der Waals surface area (Å²) in [5.41, 5.74) is 1.29. The Morgan fingerprint density at radius 3 is 2.67 bits per heavy atom. The van der Waals surface area contributed by atoms with Crippen LogP contribution in [-0.4, -0.2) is 46.5 Å². The zero-order valence-electron chi connectivity index (χ0n) is 12.2. The lowest BCUT2D eigenvalue weighted by Gasteiger charge is -2.38. The van der Waals surface area contributed by atoms with E-state index in [2.05, 4.69) is 41.7 Å². The molecule has 1 saturated heterocycles. The monoisotopic (exact) mass is 368 g/mol. The van der Waals surface area contributed by atoms with Gasteiger partial charge >= 0.3 is 0 Å². The average Bonchev–Trinajstić information content (AvgIpc) is 3.23. The van der Waals surface area contributed by atoms with Gasteiger partial charge in [0.1, 0.15) is 0 Å². The third-order valence-corrected chi connectivity index (χ3v) is 6.21. The maximum Gasteiger partial charge on any atom is 0.195 e. The summed E-state index contributed by atoms with van der Waals surface area (Å²) in [7, 11) is 0. The molecule has 1 aliphatic carbocycles. The number of thiazole rings is 1. The maximum absolute atomic E-state index is 4.85. The van der Waals surface area contributed by atoms with E-state index in [9.17, 15) is 0 Å². The molecule has 3 heterocycles. The summed E-state index contributed by atoms with van der Waals surface area (Å²) in [4.78, 5) is 11.1. The van der Waals surface area contributed by atoms with Gasteiger partial charge in [-0.3, -0.25) is 9.30 Å². The molecular weight excluding hydrogens is 348 g/mol. The fourth-order valence-electron chi connectivity index (χ4n) is 3.77. The summed E-state index contributed by atoms with van der Waals surface area (Å²) in [6, 6.07) is 0.855. The van der Waals surface area contributed by atoms with Crippen molar-refractivity contribution in [3.63, 3.8) is 0 Å². The van der Waals surface area contributed by atoms with Gasteiger partial charge in [0, 0.05) is 49.1 Å². The quantitative estimate of drug-likeness (QED) is 0.776. The molecule has 0 radical (unpaired) electrons. The van der Waals surface area contributed by atoms with Gasteiger partial charge in [-0.25, -0.2) is 4.98 Å². The van der Waals surface area contributed by atoms with Gasteiger partial charge in [0.05, 0.1) is 5.69 Å². The first-order valence-corrected chi connectivity index (χ1v) is 9.86. The molecule has 2 aromatic rings. The van der Waals surface area contributed by atoms with E-state index in [4.69, 9.17) is 4.98 Å². The van der Waals surface area contributed by atoms with Crippen LogP contribution in [0.2, 0.25) is 0 Å². The van der Waals surface area contributed by atoms with Gasteiger partial charge in [0.2, 0.25) is 0 Å². The van der Waals surface area contributed by atoms with Crippen LogP contribution in [0.15, 0.2) is 11.6 Å². The van der Waals surface area contributed by atoms with Gasteiger partial charge in [-0.1, -0.05) is 28.8 Å². The van der Waals surface area contributed by atoms with Crippen LogP contribution in [0.1, 0.15) is 31.4 Å². The van der Waals surface area contributed by atoms with E-state index in [0.29, 0.717) is 0 Å². The van der Waals surface area contributed by atoms with Gasteiger partial charge in [-0.2, -0.15) is 0 Å². The van der Waals surface area contributed by atoms with Crippen molar-refractivity contribution in [2.24, 2.45) is 0 Å². The van der Waals surface area contributed by atoms with Gasteiger partial charge in [0.15, 0.2) is 10.8 Å². The highest BCUT2D eigenvalue weighted by Gasteiger charge is 2.28. The second-order valence-electron chi connectivity index (χ2n) is 6.03. The van der Waals surface area contributed by atoms with Crippen molar-refractivity contribution in [2.45, 2.75) is 37.1 Å². The van der Waals surface area contributed by atoms with E-state index in [1.165, 1.54) is 50.3 Å². The molecule has 0 atom stereocenters. The second kappa shape index (κ2) is 5.89. The first kappa shape index (κ1) is 14.0. The van der Waals surface area contributed by atoms with Gasteiger partial charge in [0.25, 0.3) is 0 Å². The molecule has 0 spiro atoms. The molecule has 114 valence electrons. The highest BCUT2D eigenvalue weighted by atomic mass is 79.9. The molecule has 1 aliphatic heterocycles. The van der Waals surface area contributed by atoms with Crippen LogP contribution < -0.4 is 4.90 Å². The second-order valence-corrected chi connectivity index (χ2v) is 7.47. The minimum atomic E-state index is 0.855. The number of hydrogen-bond donors (Lipinski definition) is 0. The molecule has 2 aromatic heterocycles. The Hall–Kier alpha value is -0.590. The molecule has 2 aliphatic rings. The average molecular weight is 369 g/mol. The van der Waals surface area contributed by atoms with Crippen LogP contribution in [0.5, 0.6) is 0 Å². The molecule has 0 amide bonds. The number of anilines is 1. The lowest BCUT2D eigenvalue weighted by molar-refractivity contribution is 0.187. The van der Waals surface area contributed by atoms with Gasteiger partial charge < -0.3 is 4.90 Å². The predicted molar refractivity (Wildman–Crippen MR) is 91.7 cm³/mol. The normalized spacial score (nSPS) is 21.7. The highest BCUT2D eigenvalue weighted by Crippen LogP contribution is 2.29. The Labute approximate surface area is 137 Å².